The van der Waals surface area contributed by atoms with E-state index in [0.29, 0.717) is 5.92 Å². The third kappa shape index (κ3) is 5.52. The number of anilines is 1. The number of methoxy groups -OCH3 is 1. The first kappa shape index (κ1) is 15.0. The van der Waals surface area contributed by atoms with Gasteiger partial charge in [-0.15, -0.1) is 0 Å². The number of benzene rings is 1. The largest absolute Gasteiger partial charge is 0.383 e. The van der Waals surface area contributed by atoms with Crippen LogP contribution in [0.3, 0.4) is 0 Å². The Bertz CT molecular complexity index is 322. The van der Waals surface area contributed by atoms with Crippen molar-refractivity contribution in [1.82, 2.24) is 5.32 Å². The molecule has 0 fully saturated rings. The predicted molar refractivity (Wildman–Crippen MR) is 78.1 cm³/mol. The van der Waals surface area contributed by atoms with E-state index >= 15 is 0 Å². The quantitative estimate of drug-likeness (QED) is 0.718. The van der Waals surface area contributed by atoms with Crippen LogP contribution in [-0.2, 0) is 11.3 Å². The molecular weight excluding hydrogens is 224 g/mol. The van der Waals surface area contributed by atoms with Crippen molar-refractivity contribution in [3.63, 3.8) is 0 Å². The van der Waals surface area contributed by atoms with Gasteiger partial charge in [0.15, 0.2) is 0 Å². The maximum Gasteiger partial charge on any atom is 0.0587 e. The Labute approximate surface area is 111 Å². The zero-order chi connectivity index (χ0) is 13.4. The summed E-state index contributed by atoms with van der Waals surface area (Å²) in [4.78, 5) is 2.30. The van der Waals surface area contributed by atoms with Crippen molar-refractivity contribution in [2.45, 2.75) is 20.4 Å². The highest BCUT2D eigenvalue weighted by atomic mass is 16.5. The van der Waals surface area contributed by atoms with Crippen LogP contribution < -0.4 is 10.2 Å². The Morgan fingerprint density at radius 1 is 1.22 bits per heavy atom. The van der Waals surface area contributed by atoms with E-state index in [2.05, 4.69) is 55.4 Å². The van der Waals surface area contributed by atoms with Crippen LogP contribution in [0.1, 0.15) is 19.4 Å². The van der Waals surface area contributed by atoms with E-state index in [-0.39, 0.29) is 0 Å². The Kier molecular flexibility index (Phi) is 6.76. The van der Waals surface area contributed by atoms with Crippen LogP contribution in [0.15, 0.2) is 24.3 Å². The summed E-state index contributed by atoms with van der Waals surface area (Å²) in [5, 5.41) is 3.34. The minimum atomic E-state index is 0.686. The van der Waals surface area contributed by atoms with E-state index < -0.39 is 0 Å². The van der Waals surface area contributed by atoms with Gasteiger partial charge in [-0.1, -0.05) is 26.0 Å². The van der Waals surface area contributed by atoms with Gasteiger partial charge in [-0.25, -0.2) is 0 Å². The zero-order valence-corrected chi connectivity index (χ0v) is 12.1. The molecule has 0 radical (unpaired) electrons. The normalized spacial score (nSPS) is 10.9. The van der Waals surface area contributed by atoms with Crippen molar-refractivity contribution < 1.29 is 4.74 Å². The number of rotatable bonds is 8. The van der Waals surface area contributed by atoms with Crippen LogP contribution in [0.5, 0.6) is 0 Å². The lowest BCUT2D eigenvalue weighted by molar-refractivity contribution is 0.199. The third-order valence-corrected chi connectivity index (χ3v) is 2.83. The second-order valence-electron chi connectivity index (χ2n) is 5.11. The van der Waals surface area contributed by atoms with Crippen molar-refractivity contribution >= 4 is 5.69 Å². The molecule has 1 aromatic carbocycles. The zero-order valence-electron chi connectivity index (χ0n) is 12.1. The minimum Gasteiger partial charge on any atom is -0.383 e. The Morgan fingerprint density at radius 3 is 2.44 bits per heavy atom. The van der Waals surface area contributed by atoms with Crippen molar-refractivity contribution in [3.8, 4) is 0 Å². The lowest BCUT2D eigenvalue weighted by Gasteiger charge is -2.21. The molecule has 0 bridgehead atoms. The minimum absolute atomic E-state index is 0.686. The summed E-state index contributed by atoms with van der Waals surface area (Å²) in [5.41, 5.74) is 2.59. The molecule has 0 heterocycles. The van der Waals surface area contributed by atoms with Gasteiger partial charge in [0, 0.05) is 39.5 Å². The summed E-state index contributed by atoms with van der Waals surface area (Å²) in [6.07, 6.45) is 0. The van der Waals surface area contributed by atoms with Crippen molar-refractivity contribution in [2.75, 3.05) is 38.8 Å². The smallest absolute Gasteiger partial charge is 0.0587 e. The average Bonchev–Trinajstić information content (AvgIpc) is 2.34. The second-order valence-corrected chi connectivity index (χ2v) is 5.11. The van der Waals surface area contributed by atoms with Gasteiger partial charge in [0.25, 0.3) is 0 Å². The summed E-state index contributed by atoms with van der Waals surface area (Å²) >= 11 is 0. The lowest BCUT2D eigenvalue weighted by Crippen LogP contribution is -2.22. The maximum absolute atomic E-state index is 5.00. The molecule has 1 N–H and O–H groups in total. The van der Waals surface area contributed by atoms with E-state index in [1.54, 1.807) is 7.11 Å². The fraction of sp³-hybridized carbons (Fsp3) is 0.600. The molecule has 0 saturated heterocycles. The number of ether oxygens (including phenoxy) is 1. The van der Waals surface area contributed by atoms with E-state index in [4.69, 9.17) is 4.74 Å². The summed E-state index contributed by atoms with van der Waals surface area (Å²) in [6, 6.07) is 8.75. The molecule has 3 heteroatoms. The van der Waals surface area contributed by atoms with E-state index in [9.17, 15) is 0 Å². The van der Waals surface area contributed by atoms with Gasteiger partial charge in [-0.2, -0.15) is 0 Å². The van der Waals surface area contributed by atoms with Crippen LogP contribution in [-0.4, -0.2) is 33.9 Å². The lowest BCUT2D eigenvalue weighted by atomic mass is 10.1. The highest BCUT2D eigenvalue weighted by Crippen LogP contribution is 2.15. The Hall–Kier alpha value is -1.06. The van der Waals surface area contributed by atoms with Gasteiger partial charge >= 0.3 is 0 Å². The number of nitrogens with one attached hydrogen (secondary N) is 1. The van der Waals surface area contributed by atoms with Crippen molar-refractivity contribution in [3.05, 3.63) is 29.8 Å². The van der Waals surface area contributed by atoms with Gasteiger partial charge < -0.3 is 15.0 Å². The molecule has 0 spiro atoms. The fourth-order valence-electron chi connectivity index (χ4n) is 1.93. The molecular formula is C15H26N2O. The van der Waals surface area contributed by atoms with Crippen molar-refractivity contribution in [1.29, 1.82) is 0 Å². The van der Waals surface area contributed by atoms with Gasteiger partial charge in [-0.3, -0.25) is 0 Å². The molecule has 0 aliphatic rings. The first-order valence-electron chi connectivity index (χ1n) is 6.63. The average molecular weight is 250 g/mol. The molecule has 0 amide bonds. The molecule has 0 atom stereocenters. The van der Waals surface area contributed by atoms with E-state index in [1.807, 2.05) is 0 Å². The second kappa shape index (κ2) is 8.11. The van der Waals surface area contributed by atoms with Crippen LogP contribution in [0.4, 0.5) is 5.69 Å². The molecule has 3 nitrogen and oxygen atoms in total. The first-order valence-corrected chi connectivity index (χ1v) is 6.63. The Balaban J connectivity index is 2.42. The molecule has 102 valence electrons. The molecule has 0 aliphatic carbocycles. The molecule has 1 rings (SSSR count). The molecule has 18 heavy (non-hydrogen) atoms. The van der Waals surface area contributed by atoms with Gasteiger partial charge in [0.2, 0.25) is 0 Å². The number of hydrogen-bond acceptors (Lipinski definition) is 3. The van der Waals surface area contributed by atoms with Crippen LogP contribution in [0.25, 0.3) is 0 Å². The third-order valence-electron chi connectivity index (χ3n) is 2.83. The summed E-state index contributed by atoms with van der Waals surface area (Å²) < 4.78 is 5.00. The SMILES string of the molecule is COCCNCc1ccc(N(C)CC(C)C)cc1. The molecule has 0 unspecified atom stereocenters. The highest BCUT2D eigenvalue weighted by Gasteiger charge is 2.03. The van der Waals surface area contributed by atoms with Gasteiger partial charge in [-0.05, 0) is 23.6 Å². The van der Waals surface area contributed by atoms with Gasteiger partial charge in [0.1, 0.15) is 0 Å². The molecule has 0 aliphatic heterocycles. The van der Waals surface area contributed by atoms with Crippen molar-refractivity contribution in [2.24, 2.45) is 5.92 Å². The summed E-state index contributed by atoms with van der Waals surface area (Å²) in [5.74, 6) is 0.686. The van der Waals surface area contributed by atoms with Crippen LogP contribution in [0, 0.1) is 5.92 Å². The first-order chi connectivity index (χ1) is 8.63. The molecule has 1 aromatic rings. The Morgan fingerprint density at radius 2 is 1.89 bits per heavy atom. The topological polar surface area (TPSA) is 24.5 Å². The molecule has 0 saturated carbocycles. The maximum atomic E-state index is 5.00. The van der Waals surface area contributed by atoms with E-state index in [0.717, 1.165) is 26.2 Å². The van der Waals surface area contributed by atoms with Crippen LogP contribution >= 0.6 is 0 Å². The summed E-state index contributed by atoms with van der Waals surface area (Å²) in [6.45, 7) is 8.12. The highest BCUT2D eigenvalue weighted by molar-refractivity contribution is 5.46. The number of hydrogen-bond donors (Lipinski definition) is 1. The van der Waals surface area contributed by atoms with Crippen LogP contribution in [0.2, 0.25) is 0 Å². The summed E-state index contributed by atoms with van der Waals surface area (Å²) in [7, 11) is 3.87. The predicted octanol–water partition coefficient (Wildman–Crippen LogP) is 2.51. The fourth-order valence-corrected chi connectivity index (χ4v) is 1.93. The number of nitrogens with zero attached hydrogens (tertiary/aromatic N) is 1. The van der Waals surface area contributed by atoms with E-state index in [1.165, 1.54) is 11.3 Å². The van der Waals surface area contributed by atoms with Gasteiger partial charge in [0.05, 0.1) is 6.61 Å². The standard InChI is InChI=1S/C15H26N2O/c1-13(2)12-17(3)15-7-5-14(6-8-15)11-16-9-10-18-4/h5-8,13,16H,9-12H2,1-4H3. The molecule has 0 aromatic heterocycles. The monoisotopic (exact) mass is 250 g/mol.